The van der Waals surface area contributed by atoms with E-state index >= 15 is 0 Å². The summed E-state index contributed by atoms with van der Waals surface area (Å²) in [5.74, 6) is -1.14. The van der Waals surface area contributed by atoms with E-state index < -0.39 is 36.0 Å². The van der Waals surface area contributed by atoms with Gasteiger partial charge in [-0.25, -0.2) is 0 Å². The van der Waals surface area contributed by atoms with Gasteiger partial charge in [0.25, 0.3) is 5.91 Å². The largest absolute Gasteiger partial charge is 0.489 e. The monoisotopic (exact) mass is 437 g/mol. The van der Waals surface area contributed by atoms with Crippen molar-refractivity contribution < 1.29 is 45.3 Å². The Bertz CT molecular complexity index is 867. The quantitative estimate of drug-likeness (QED) is 0.478. The lowest BCUT2D eigenvalue weighted by Gasteiger charge is -2.15. The van der Waals surface area contributed by atoms with Crippen molar-refractivity contribution in [3.63, 3.8) is 0 Å². The van der Waals surface area contributed by atoms with E-state index in [0.717, 1.165) is 24.3 Å². The molecule has 0 aliphatic carbocycles. The van der Waals surface area contributed by atoms with Crippen LogP contribution in [0, 0.1) is 0 Å². The highest BCUT2D eigenvalue weighted by Crippen LogP contribution is 2.35. The van der Waals surface area contributed by atoms with Crippen LogP contribution in [-0.4, -0.2) is 32.8 Å². The molecular weight excluding hydrogens is 420 g/mol. The molecule has 0 saturated heterocycles. The molecule has 2 aromatic carbocycles. The summed E-state index contributed by atoms with van der Waals surface area (Å²) < 4.78 is 92.1. The van der Waals surface area contributed by atoms with Gasteiger partial charge < -0.3 is 19.5 Å². The van der Waals surface area contributed by atoms with Gasteiger partial charge in [0, 0.05) is 7.11 Å². The normalized spacial score (nSPS) is 11.8. The molecule has 0 unspecified atom stereocenters. The predicted molar refractivity (Wildman–Crippen MR) is 94.4 cm³/mol. The summed E-state index contributed by atoms with van der Waals surface area (Å²) in [4.78, 5) is 12.1. The van der Waals surface area contributed by atoms with Crippen LogP contribution in [0.15, 0.2) is 42.5 Å². The smallest absolute Gasteiger partial charge is 0.416 e. The number of hydrogen-bond donors (Lipinski definition) is 1. The minimum atomic E-state index is -4.65. The molecule has 0 bridgehead atoms. The predicted octanol–water partition coefficient (Wildman–Crippen LogP) is 4.77. The maximum absolute atomic E-state index is 13.0. The highest BCUT2D eigenvalue weighted by atomic mass is 19.4. The van der Waals surface area contributed by atoms with E-state index in [-0.39, 0.29) is 30.4 Å². The van der Waals surface area contributed by atoms with Crippen molar-refractivity contribution >= 4 is 11.6 Å². The Morgan fingerprint density at radius 1 is 0.900 bits per heavy atom. The van der Waals surface area contributed by atoms with Gasteiger partial charge in [0.15, 0.2) is 6.61 Å². The zero-order valence-corrected chi connectivity index (χ0v) is 15.6. The van der Waals surface area contributed by atoms with E-state index in [0.29, 0.717) is 12.1 Å². The standard InChI is InChI=1S/C19H17F6NO4/c1-28-7-8-29-16-6-5-13(19(23,24)25)10-15(16)26-17(27)11-30-14-4-2-3-12(9-14)18(20,21)22/h2-6,9-10H,7-8,11H2,1H3,(H,26,27). The van der Waals surface area contributed by atoms with Gasteiger partial charge in [-0.3, -0.25) is 4.79 Å². The van der Waals surface area contributed by atoms with Crippen molar-refractivity contribution in [2.24, 2.45) is 0 Å². The third-order valence-corrected chi connectivity index (χ3v) is 3.66. The molecule has 5 nitrogen and oxygen atoms in total. The zero-order chi connectivity index (χ0) is 22.4. The molecule has 2 aromatic rings. The molecule has 0 spiro atoms. The van der Waals surface area contributed by atoms with Gasteiger partial charge in [-0.1, -0.05) is 6.07 Å². The third kappa shape index (κ3) is 6.83. The van der Waals surface area contributed by atoms with Crippen LogP contribution in [0.3, 0.4) is 0 Å². The molecule has 0 atom stereocenters. The van der Waals surface area contributed by atoms with Gasteiger partial charge in [-0.05, 0) is 36.4 Å². The number of halogens is 6. The number of ether oxygens (including phenoxy) is 3. The number of nitrogens with one attached hydrogen (secondary N) is 1. The highest BCUT2D eigenvalue weighted by molar-refractivity contribution is 5.93. The Morgan fingerprint density at radius 2 is 1.57 bits per heavy atom. The van der Waals surface area contributed by atoms with Crippen molar-refractivity contribution in [3.05, 3.63) is 53.6 Å². The molecule has 1 N–H and O–H groups in total. The number of rotatable bonds is 8. The lowest BCUT2D eigenvalue weighted by Crippen LogP contribution is -2.21. The van der Waals surface area contributed by atoms with Crippen LogP contribution < -0.4 is 14.8 Å². The molecule has 0 aromatic heterocycles. The number of carbonyl (C=O) groups is 1. The minimum absolute atomic E-state index is 0.0193. The number of hydrogen-bond acceptors (Lipinski definition) is 4. The van der Waals surface area contributed by atoms with Gasteiger partial charge in [0.05, 0.1) is 23.4 Å². The Hall–Kier alpha value is -2.95. The van der Waals surface area contributed by atoms with Crippen LogP contribution in [-0.2, 0) is 21.9 Å². The van der Waals surface area contributed by atoms with Crippen LogP contribution in [0.25, 0.3) is 0 Å². The van der Waals surface area contributed by atoms with E-state index in [9.17, 15) is 31.1 Å². The lowest BCUT2D eigenvalue weighted by atomic mass is 10.1. The lowest BCUT2D eigenvalue weighted by molar-refractivity contribution is -0.138. The SMILES string of the molecule is COCCOc1ccc(C(F)(F)F)cc1NC(=O)COc1cccc(C(F)(F)F)c1. The number of methoxy groups -OCH3 is 1. The molecule has 11 heteroatoms. The summed E-state index contributed by atoms with van der Waals surface area (Å²) in [7, 11) is 1.41. The van der Waals surface area contributed by atoms with E-state index in [2.05, 4.69) is 5.32 Å². The average Bonchev–Trinajstić information content (AvgIpc) is 2.66. The number of anilines is 1. The summed E-state index contributed by atoms with van der Waals surface area (Å²) in [6.45, 7) is -0.548. The van der Waals surface area contributed by atoms with Crippen molar-refractivity contribution in [2.75, 3.05) is 32.2 Å². The fraction of sp³-hybridized carbons (Fsp3) is 0.316. The van der Waals surface area contributed by atoms with Crippen LogP contribution in [0.4, 0.5) is 32.0 Å². The molecule has 0 aliphatic rings. The molecule has 0 heterocycles. The van der Waals surface area contributed by atoms with Crippen LogP contribution in [0.1, 0.15) is 11.1 Å². The van der Waals surface area contributed by atoms with E-state index in [1.165, 1.54) is 13.2 Å². The van der Waals surface area contributed by atoms with Gasteiger partial charge in [0.2, 0.25) is 0 Å². The molecule has 0 saturated carbocycles. The number of amides is 1. The Kier molecular flexibility index (Phi) is 7.54. The van der Waals surface area contributed by atoms with E-state index in [1.807, 2.05) is 0 Å². The average molecular weight is 437 g/mol. The van der Waals surface area contributed by atoms with Crippen molar-refractivity contribution in [1.82, 2.24) is 0 Å². The summed E-state index contributed by atoms with van der Waals surface area (Å²) in [6, 6.07) is 6.37. The van der Waals surface area contributed by atoms with Crippen LogP contribution in [0.5, 0.6) is 11.5 Å². The van der Waals surface area contributed by atoms with Gasteiger partial charge in [0.1, 0.15) is 18.1 Å². The van der Waals surface area contributed by atoms with Crippen molar-refractivity contribution in [3.8, 4) is 11.5 Å². The second-order valence-corrected chi connectivity index (χ2v) is 5.91. The summed E-state index contributed by atoms with van der Waals surface area (Å²) in [5.41, 5.74) is -2.25. The molecular formula is C19H17F6NO4. The Labute approximate surface area is 167 Å². The maximum atomic E-state index is 13.0. The fourth-order valence-corrected chi connectivity index (χ4v) is 2.26. The second kappa shape index (κ2) is 9.70. The summed E-state index contributed by atoms with van der Waals surface area (Å²) >= 11 is 0. The van der Waals surface area contributed by atoms with Gasteiger partial charge in [-0.15, -0.1) is 0 Å². The van der Waals surface area contributed by atoms with E-state index in [1.54, 1.807) is 0 Å². The molecule has 1 amide bonds. The molecule has 164 valence electrons. The molecule has 0 aliphatic heterocycles. The maximum Gasteiger partial charge on any atom is 0.416 e. The number of carbonyl (C=O) groups excluding carboxylic acids is 1. The van der Waals surface area contributed by atoms with Crippen molar-refractivity contribution in [1.29, 1.82) is 0 Å². The second-order valence-electron chi connectivity index (χ2n) is 5.91. The molecule has 30 heavy (non-hydrogen) atoms. The molecule has 0 fully saturated rings. The van der Waals surface area contributed by atoms with E-state index in [4.69, 9.17) is 14.2 Å². The Morgan fingerprint density at radius 3 is 2.20 bits per heavy atom. The number of alkyl halides is 6. The first-order chi connectivity index (χ1) is 14.0. The van der Waals surface area contributed by atoms with Crippen LogP contribution in [0.2, 0.25) is 0 Å². The summed E-state index contributed by atoms with van der Waals surface area (Å²) in [6.07, 6.45) is -9.24. The topological polar surface area (TPSA) is 56.8 Å². The summed E-state index contributed by atoms with van der Waals surface area (Å²) in [5, 5.41) is 2.21. The first kappa shape index (κ1) is 23.3. The Balaban J connectivity index is 2.10. The highest BCUT2D eigenvalue weighted by Gasteiger charge is 2.32. The first-order valence-corrected chi connectivity index (χ1v) is 8.43. The van der Waals surface area contributed by atoms with Crippen molar-refractivity contribution in [2.45, 2.75) is 12.4 Å². The first-order valence-electron chi connectivity index (χ1n) is 8.43. The molecule has 0 radical (unpaired) electrons. The third-order valence-electron chi connectivity index (χ3n) is 3.66. The number of benzene rings is 2. The van der Waals surface area contributed by atoms with Gasteiger partial charge >= 0.3 is 12.4 Å². The van der Waals surface area contributed by atoms with Gasteiger partial charge in [-0.2, -0.15) is 26.3 Å². The van der Waals surface area contributed by atoms with Crippen LogP contribution >= 0.6 is 0 Å². The molecule has 2 rings (SSSR count). The fourth-order valence-electron chi connectivity index (χ4n) is 2.26. The minimum Gasteiger partial charge on any atom is -0.489 e. The zero-order valence-electron chi connectivity index (χ0n) is 15.6.